The molecule has 1 aromatic rings. The van der Waals surface area contributed by atoms with Gasteiger partial charge in [-0.15, -0.1) is 12.4 Å². The largest absolute Gasteiger partial charge is 0.497 e. The molecule has 0 aliphatic carbocycles. The van der Waals surface area contributed by atoms with Gasteiger partial charge >= 0.3 is 0 Å². The van der Waals surface area contributed by atoms with Gasteiger partial charge in [0.15, 0.2) is 0 Å². The van der Waals surface area contributed by atoms with Gasteiger partial charge in [0.05, 0.1) is 7.11 Å². The van der Waals surface area contributed by atoms with Crippen LogP contribution in [0.2, 0.25) is 0 Å². The summed E-state index contributed by atoms with van der Waals surface area (Å²) in [6, 6.07) is 7.89. The van der Waals surface area contributed by atoms with E-state index < -0.39 is 0 Å². The minimum atomic E-state index is 0. The van der Waals surface area contributed by atoms with Gasteiger partial charge in [0, 0.05) is 19.0 Å². The zero-order valence-corrected chi connectivity index (χ0v) is 12.5. The zero-order valence-electron chi connectivity index (χ0n) is 11.7. The van der Waals surface area contributed by atoms with Crippen LogP contribution in [-0.4, -0.2) is 33.2 Å². The lowest BCUT2D eigenvalue weighted by Crippen LogP contribution is -2.35. The van der Waals surface area contributed by atoms with Crippen molar-refractivity contribution in [3.05, 3.63) is 29.8 Å². The van der Waals surface area contributed by atoms with Gasteiger partial charge in [-0.3, -0.25) is 4.79 Å². The topological polar surface area (TPSA) is 50.4 Å². The van der Waals surface area contributed by atoms with E-state index in [1.807, 2.05) is 38.2 Å². The van der Waals surface area contributed by atoms with E-state index in [9.17, 15) is 4.79 Å². The fourth-order valence-corrected chi connectivity index (χ4v) is 1.73. The summed E-state index contributed by atoms with van der Waals surface area (Å²) in [5.41, 5.74) is 1.16. The second-order valence-electron chi connectivity index (χ2n) is 4.35. The predicted molar refractivity (Wildman–Crippen MR) is 80.0 cm³/mol. The van der Waals surface area contributed by atoms with Crippen LogP contribution >= 0.6 is 12.4 Å². The smallest absolute Gasteiger partial charge is 0.224 e. The molecule has 1 amide bonds. The van der Waals surface area contributed by atoms with Gasteiger partial charge in [-0.2, -0.15) is 0 Å². The lowest BCUT2D eigenvalue weighted by molar-refractivity contribution is -0.124. The summed E-state index contributed by atoms with van der Waals surface area (Å²) in [6.07, 6.45) is 0.815. The van der Waals surface area contributed by atoms with Crippen molar-refractivity contribution in [2.45, 2.75) is 13.3 Å². The normalized spacial score (nSPS) is 11.3. The number of amides is 1. The molecule has 1 unspecified atom stereocenters. The van der Waals surface area contributed by atoms with Crippen LogP contribution in [0.1, 0.15) is 12.5 Å². The first-order valence-corrected chi connectivity index (χ1v) is 6.22. The van der Waals surface area contributed by atoms with E-state index in [2.05, 4.69) is 10.6 Å². The third-order valence-electron chi connectivity index (χ3n) is 2.80. The van der Waals surface area contributed by atoms with E-state index in [0.29, 0.717) is 13.1 Å². The summed E-state index contributed by atoms with van der Waals surface area (Å²) in [5, 5.41) is 5.93. The maximum Gasteiger partial charge on any atom is 0.224 e. The molecule has 0 fully saturated rings. The summed E-state index contributed by atoms with van der Waals surface area (Å²) in [5.74, 6) is 0.940. The van der Waals surface area contributed by atoms with Crippen molar-refractivity contribution in [2.75, 3.05) is 27.2 Å². The molecule has 0 saturated carbocycles. The number of halogens is 1. The summed E-state index contributed by atoms with van der Waals surface area (Å²) < 4.78 is 5.16. The molecule has 2 N–H and O–H groups in total. The molecule has 0 spiro atoms. The van der Waals surface area contributed by atoms with Crippen molar-refractivity contribution < 1.29 is 9.53 Å². The molecule has 0 aromatic heterocycles. The molecular formula is C14H23ClN2O2. The molecule has 19 heavy (non-hydrogen) atoms. The fraction of sp³-hybridized carbons (Fsp3) is 0.500. The molecule has 0 bridgehead atoms. The van der Waals surface area contributed by atoms with Gasteiger partial charge in [0.25, 0.3) is 0 Å². The predicted octanol–water partition coefficient (Wildman–Crippen LogP) is 1.63. The molecular weight excluding hydrogens is 264 g/mol. The summed E-state index contributed by atoms with van der Waals surface area (Å²) in [7, 11) is 3.50. The third kappa shape index (κ3) is 6.45. The Balaban J connectivity index is 0.00000324. The van der Waals surface area contributed by atoms with Gasteiger partial charge in [-0.1, -0.05) is 19.1 Å². The van der Waals surface area contributed by atoms with Crippen molar-refractivity contribution in [3.63, 3.8) is 0 Å². The average molecular weight is 287 g/mol. The Bertz CT molecular complexity index is 385. The molecule has 1 atom stereocenters. The number of methoxy groups -OCH3 is 1. The lowest BCUT2D eigenvalue weighted by atomic mass is 10.1. The molecule has 0 heterocycles. The Morgan fingerprint density at radius 1 is 1.42 bits per heavy atom. The van der Waals surface area contributed by atoms with Crippen LogP contribution in [0, 0.1) is 5.92 Å². The van der Waals surface area contributed by atoms with Gasteiger partial charge in [-0.05, 0) is 31.2 Å². The molecule has 0 aliphatic rings. The monoisotopic (exact) mass is 286 g/mol. The Hall–Kier alpha value is -1.26. The molecule has 108 valence electrons. The maximum atomic E-state index is 11.7. The number of hydrogen-bond acceptors (Lipinski definition) is 3. The second-order valence-corrected chi connectivity index (χ2v) is 4.35. The van der Waals surface area contributed by atoms with E-state index in [1.54, 1.807) is 7.11 Å². The molecule has 4 nitrogen and oxygen atoms in total. The average Bonchev–Trinajstić information content (AvgIpc) is 2.39. The standard InChI is InChI=1S/C14H22N2O2.ClH/c1-11(10-15-2)14(17)16-8-7-12-5-4-6-13(9-12)18-3;/h4-6,9,11,15H,7-8,10H2,1-3H3,(H,16,17);1H. The van der Waals surface area contributed by atoms with Gasteiger partial charge in [0.2, 0.25) is 5.91 Å². The van der Waals surface area contributed by atoms with Crippen LogP contribution in [0.15, 0.2) is 24.3 Å². The SMILES string of the molecule is CNCC(C)C(=O)NCCc1cccc(OC)c1.Cl. The van der Waals surface area contributed by atoms with Crippen LogP contribution in [0.3, 0.4) is 0 Å². The van der Waals surface area contributed by atoms with Gasteiger partial charge < -0.3 is 15.4 Å². The van der Waals surface area contributed by atoms with Crippen LogP contribution in [0.25, 0.3) is 0 Å². The Morgan fingerprint density at radius 3 is 2.79 bits per heavy atom. The van der Waals surface area contributed by atoms with Crippen LogP contribution < -0.4 is 15.4 Å². The van der Waals surface area contributed by atoms with Crippen molar-refractivity contribution >= 4 is 18.3 Å². The van der Waals surface area contributed by atoms with E-state index in [0.717, 1.165) is 17.7 Å². The highest BCUT2D eigenvalue weighted by Gasteiger charge is 2.10. The minimum absolute atomic E-state index is 0. The number of carbonyl (C=O) groups is 1. The van der Waals surface area contributed by atoms with E-state index >= 15 is 0 Å². The Morgan fingerprint density at radius 2 is 2.16 bits per heavy atom. The van der Waals surface area contributed by atoms with Crippen molar-refractivity contribution in [1.82, 2.24) is 10.6 Å². The summed E-state index contributed by atoms with van der Waals surface area (Å²) in [6.45, 7) is 3.27. The van der Waals surface area contributed by atoms with Crippen molar-refractivity contribution in [1.29, 1.82) is 0 Å². The maximum absolute atomic E-state index is 11.7. The van der Waals surface area contributed by atoms with E-state index in [-0.39, 0.29) is 24.2 Å². The van der Waals surface area contributed by atoms with Crippen molar-refractivity contribution in [3.8, 4) is 5.75 Å². The number of rotatable bonds is 7. The highest BCUT2D eigenvalue weighted by molar-refractivity contribution is 5.85. The van der Waals surface area contributed by atoms with Crippen LogP contribution in [0.4, 0.5) is 0 Å². The van der Waals surface area contributed by atoms with E-state index in [1.165, 1.54) is 0 Å². The van der Waals surface area contributed by atoms with Crippen LogP contribution in [-0.2, 0) is 11.2 Å². The molecule has 0 radical (unpaired) electrons. The summed E-state index contributed by atoms with van der Waals surface area (Å²) >= 11 is 0. The third-order valence-corrected chi connectivity index (χ3v) is 2.80. The first-order chi connectivity index (χ1) is 8.67. The molecule has 1 rings (SSSR count). The van der Waals surface area contributed by atoms with Crippen LogP contribution in [0.5, 0.6) is 5.75 Å². The Labute approximate surface area is 121 Å². The summed E-state index contributed by atoms with van der Waals surface area (Å²) in [4.78, 5) is 11.7. The molecule has 1 aromatic carbocycles. The molecule has 5 heteroatoms. The molecule has 0 aliphatic heterocycles. The number of ether oxygens (including phenoxy) is 1. The number of hydrogen-bond donors (Lipinski definition) is 2. The van der Waals surface area contributed by atoms with E-state index in [4.69, 9.17) is 4.74 Å². The zero-order chi connectivity index (χ0) is 13.4. The first-order valence-electron chi connectivity index (χ1n) is 6.22. The highest BCUT2D eigenvalue weighted by Crippen LogP contribution is 2.12. The second kappa shape index (κ2) is 9.64. The van der Waals surface area contributed by atoms with Crippen molar-refractivity contribution in [2.24, 2.45) is 5.92 Å². The van der Waals surface area contributed by atoms with Gasteiger partial charge in [-0.25, -0.2) is 0 Å². The quantitative estimate of drug-likeness (QED) is 0.801. The lowest BCUT2D eigenvalue weighted by Gasteiger charge is -2.11. The first kappa shape index (κ1) is 17.7. The highest BCUT2D eigenvalue weighted by atomic mass is 35.5. The number of benzene rings is 1. The number of nitrogens with one attached hydrogen (secondary N) is 2. The van der Waals surface area contributed by atoms with Gasteiger partial charge in [0.1, 0.15) is 5.75 Å². The fourth-order valence-electron chi connectivity index (χ4n) is 1.73. The Kier molecular flexibility index (Phi) is 9.00. The number of carbonyl (C=O) groups excluding carboxylic acids is 1. The minimum Gasteiger partial charge on any atom is -0.497 e. The molecule has 0 saturated heterocycles.